The van der Waals surface area contributed by atoms with Crippen molar-refractivity contribution in [3.8, 4) is 17.0 Å². The molecule has 9 heteroatoms. The van der Waals surface area contributed by atoms with Gasteiger partial charge in [0.1, 0.15) is 11.6 Å². The number of nitrogens with one attached hydrogen (secondary N) is 2. The van der Waals surface area contributed by atoms with Gasteiger partial charge in [-0.25, -0.2) is 4.98 Å². The van der Waals surface area contributed by atoms with Gasteiger partial charge in [0.05, 0.1) is 16.4 Å². The van der Waals surface area contributed by atoms with Crippen LogP contribution in [-0.4, -0.2) is 22.4 Å². The monoisotopic (exact) mass is 476 g/mol. The van der Waals surface area contributed by atoms with E-state index in [2.05, 4.69) is 25.3 Å². The second-order valence-electron chi connectivity index (χ2n) is 8.13. The Kier molecular flexibility index (Phi) is 6.93. The molecule has 0 saturated heterocycles. The van der Waals surface area contributed by atoms with Crippen LogP contribution in [0.1, 0.15) is 37.7 Å². The van der Waals surface area contributed by atoms with Crippen molar-refractivity contribution in [2.75, 3.05) is 10.6 Å². The molecule has 4 rings (SSSR count). The van der Waals surface area contributed by atoms with Crippen molar-refractivity contribution in [1.29, 1.82) is 0 Å². The number of ether oxygens (including phenoxy) is 1. The zero-order chi connectivity index (χ0) is 23.4. The number of halogens is 4. The molecule has 0 unspecified atom stereocenters. The number of alkyl halides is 3. The first-order chi connectivity index (χ1) is 15.7. The highest BCUT2D eigenvalue weighted by Crippen LogP contribution is 2.31. The third-order valence-electron chi connectivity index (χ3n) is 5.42. The maximum absolute atomic E-state index is 12.7. The minimum absolute atomic E-state index is 0.254. The molecule has 0 atom stereocenters. The van der Waals surface area contributed by atoms with Gasteiger partial charge in [-0.1, -0.05) is 49.1 Å². The van der Waals surface area contributed by atoms with Crippen LogP contribution >= 0.6 is 11.6 Å². The summed E-state index contributed by atoms with van der Waals surface area (Å²) in [5, 5.41) is 7.13. The van der Waals surface area contributed by atoms with E-state index in [0.717, 1.165) is 31.2 Å². The number of aryl methyl sites for hydroxylation is 1. The Morgan fingerprint density at radius 3 is 2.52 bits per heavy atom. The molecule has 0 bridgehead atoms. The zero-order valence-electron chi connectivity index (χ0n) is 18.0. The van der Waals surface area contributed by atoms with E-state index in [1.807, 2.05) is 25.1 Å². The highest BCUT2D eigenvalue weighted by Gasteiger charge is 2.31. The van der Waals surface area contributed by atoms with Crippen molar-refractivity contribution < 1.29 is 17.9 Å². The maximum atomic E-state index is 12.7. The first-order valence-corrected chi connectivity index (χ1v) is 11.2. The number of aromatic nitrogens is 2. The normalized spacial score (nSPS) is 14.7. The van der Waals surface area contributed by atoms with Crippen molar-refractivity contribution in [2.45, 2.75) is 51.4 Å². The predicted octanol–water partition coefficient (Wildman–Crippen LogP) is 7.49. The highest BCUT2D eigenvalue weighted by atomic mass is 35.5. The fourth-order valence-electron chi connectivity index (χ4n) is 3.87. The van der Waals surface area contributed by atoms with E-state index in [-0.39, 0.29) is 11.8 Å². The van der Waals surface area contributed by atoms with Crippen LogP contribution in [0.15, 0.2) is 48.5 Å². The first kappa shape index (κ1) is 23.2. The van der Waals surface area contributed by atoms with Crippen LogP contribution in [0.2, 0.25) is 5.02 Å². The topological polar surface area (TPSA) is 59.1 Å². The fraction of sp³-hybridized carbons (Fsp3) is 0.333. The molecule has 174 valence electrons. The molecule has 1 aliphatic rings. The Morgan fingerprint density at radius 2 is 1.79 bits per heavy atom. The van der Waals surface area contributed by atoms with Gasteiger partial charge in [-0.2, -0.15) is 4.98 Å². The van der Waals surface area contributed by atoms with Crippen LogP contribution in [0.5, 0.6) is 5.75 Å². The lowest BCUT2D eigenvalue weighted by atomic mass is 9.96. The minimum Gasteiger partial charge on any atom is -0.406 e. The Bertz CT molecular complexity index is 1120. The largest absolute Gasteiger partial charge is 0.573 e. The average Bonchev–Trinajstić information content (AvgIpc) is 2.75. The van der Waals surface area contributed by atoms with Gasteiger partial charge < -0.3 is 15.4 Å². The lowest BCUT2D eigenvalue weighted by Crippen LogP contribution is -2.23. The molecule has 0 amide bonds. The van der Waals surface area contributed by atoms with E-state index in [4.69, 9.17) is 11.6 Å². The molecular weight excluding hydrogens is 453 g/mol. The Hall–Kier alpha value is -3.00. The first-order valence-electron chi connectivity index (χ1n) is 10.8. The predicted molar refractivity (Wildman–Crippen MR) is 124 cm³/mol. The Labute approximate surface area is 195 Å². The summed E-state index contributed by atoms with van der Waals surface area (Å²) in [7, 11) is 0. The standard InChI is InChI=1S/C24H24ClF3N4O/c1-15-10-11-20(19(25)12-15)30-22-14-21(16-6-5-9-18(13-16)33-24(26,27)28)31-23(32-22)29-17-7-3-2-4-8-17/h5-6,9-14,17H,2-4,7-8H2,1H3,(H2,29,30,31,32). The number of anilines is 3. The van der Waals surface area contributed by atoms with Crippen molar-refractivity contribution >= 4 is 29.1 Å². The zero-order valence-corrected chi connectivity index (χ0v) is 18.8. The number of benzene rings is 2. The molecule has 2 N–H and O–H groups in total. The van der Waals surface area contributed by atoms with Crippen LogP contribution < -0.4 is 15.4 Å². The molecule has 1 heterocycles. The number of hydrogen-bond donors (Lipinski definition) is 2. The number of nitrogens with zero attached hydrogens (tertiary/aromatic N) is 2. The van der Waals surface area contributed by atoms with Gasteiger partial charge in [0.15, 0.2) is 0 Å². The summed E-state index contributed by atoms with van der Waals surface area (Å²) >= 11 is 6.37. The highest BCUT2D eigenvalue weighted by molar-refractivity contribution is 6.33. The summed E-state index contributed by atoms with van der Waals surface area (Å²) in [6, 6.07) is 13.3. The summed E-state index contributed by atoms with van der Waals surface area (Å²) in [5.41, 5.74) is 2.63. The summed E-state index contributed by atoms with van der Waals surface area (Å²) in [4.78, 5) is 9.17. The van der Waals surface area contributed by atoms with E-state index in [1.165, 1.54) is 24.6 Å². The molecule has 5 nitrogen and oxygen atoms in total. The molecule has 2 aromatic carbocycles. The second-order valence-corrected chi connectivity index (χ2v) is 8.53. The van der Waals surface area contributed by atoms with Gasteiger partial charge in [-0.15, -0.1) is 13.2 Å². The van der Waals surface area contributed by atoms with E-state index in [0.29, 0.717) is 33.7 Å². The molecule has 0 radical (unpaired) electrons. The van der Waals surface area contributed by atoms with Gasteiger partial charge in [-0.05, 0) is 49.6 Å². The van der Waals surface area contributed by atoms with Crippen LogP contribution in [0.3, 0.4) is 0 Å². The molecule has 3 aromatic rings. The van der Waals surface area contributed by atoms with Crippen LogP contribution in [-0.2, 0) is 0 Å². The van der Waals surface area contributed by atoms with Crippen molar-refractivity contribution in [3.63, 3.8) is 0 Å². The quantitative estimate of drug-likeness (QED) is 0.386. The minimum atomic E-state index is -4.77. The van der Waals surface area contributed by atoms with Crippen LogP contribution in [0.25, 0.3) is 11.3 Å². The molecule has 1 fully saturated rings. The summed E-state index contributed by atoms with van der Waals surface area (Å²) in [5.74, 6) is 0.579. The molecule has 0 aliphatic heterocycles. The van der Waals surface area contributed by atoms with E-state index in [9.17, 15) is 13.2 Å². The fourth-order valence-corrected chi connectivity index (χ4v) is 4.15. The van der Waals surface area contributed by atoms with Crippen molar-refractivity contribution in [3.05, 3.63) is 59.1 Å². The third-order valence-corrected chi connectivity index (χ3v) is 5.73. The van der Waals surface area contributed by atoms with Crippen molar-refractivity contribution in [2.24, 2.45) is 0 Å². The maximum Gasteiger partial charge on any atom is 0.573 e. The molecule has 1 saturated carbocycles. The van der Waals surface area contributed by atoms with Gasteiger partial charge in [-0.3, -0.25) is 0 Å². The van der Waals surface area contributed by atoms with E-state index in [1.54, 1.807) is 12.1 Å². The molecule has 33 heavy (non-hydrogen) atoms. The second kappa shape index (κ2) is 9.87. The lowest BCUT2D eigenvalue weighted by molar-refractivity contribution is -0.274. The molecule has 0 spiro atoms. The summed E-state index contributed by atoms with van der Waals surface area (Å²) in [6.45, 7) is 1.95. The van der Waals surface area contributed by atoms with Gasteiger partial charge >= 0.3 is 6.36 Å². The van der Waals surface area contributed by atoms with E-state index < -0.39 is 6.36 Å². The summed E-state index contributed by atoms with van der Waals surface area (Å²) in [6.07, 6.45) is 0.761. The summed E-state index contributed by atoms with van der Waals surface area (Å²) < 4.78 is 42.2. The van der Waals surface area contributed by atoms with E-state index >= 15 is 0 Å². The number of hydrogen-bond acceptors (Lipinski definition) is 5. The Balaban J connectivity index is 1.68. The SMILES string of the molecule is Cc1ccc(Nc2cc(-c3cccc(OC(F)(F)F)c3)nc(NC3CCCCC3)n2)c(Cl)c1. The van der Waals surface area contributed by atoms with Crippen molar-refractivity contribution in [1.82, 2.24) is 9.97 Å². The van der Waals surface area contributed by atoms with Gasteiger partial charge in [0.2, 0.25) is 5.95 Å². The smallest absolute Gasteiger partial charge is 0.406 e. The van der Waals surface area contributed by atoms with Gasteiger partial charge in [0, 0.05) is 17.7 Å². The molecular formula is C24H24ClF3N4O. The Morgan fingerprint density at radius 1 is 1.00 bits per heavy atom. The average molecular weight is 477 g/mol. The number of rotatable bonds is 6. The molecule has 1 aromatic heterocycles. The van der Waals surface area contributed by atoms with Crippen LogP contribution in [0.4, 0.5) is 30.6 Å². The molecule has 1 aliphatic carbocycles. The van der Waals surface area contributed by atoms with Gasteiger partial charge in [0.25, 0.3) is 0 Å². The lowest BCUT2D eigenvalue weighted by Gasteiger charge is -2.23. The van der Waals surface area contributed by atoms with Crippen LogP contribution in [0, 0.1) is 6.92 Å². The third kappa shape index (κ3) is 6.51.